The van der Waals surface area contributed by atoms with Crippen molar-refractivity contribution in [1.29, 1.82) is 5.26 Å². The SMILES string of the molecule is N#Cc1c(Br)c(Br)cc(Br)c1Br. The average molecular weight is 419 g/mol. The molecule has 0 aromatic heterocycles. The van der Waals surface area contributed by atoms with Gasteiger partial charge in [-0.2, -0.15) is 5.26 Å². The van der Waals surface area contributed by atoms with Crippen LogP contribution in [0.1, 0.15) is 5.56 Å². The Morgan fingerprint density at radius 2 is 1.42 bits per heavy atom. The van der Waals surface area contributed by atoms with Crippen LogP contribution in [0.5, 0.6) is 0 Å². The molecule has 5 heteroatoms. The van der Waals surface area contributed by atoms with Crippen LogP contribution in [-0.2, 0) is 0 Å². The first kappa shape index (κ1) is 10.7. The summed E-state index contributed by atoms with van der Waals surface area (Å²) in [6, 6.07) is 3.96. The second-order valence-corrected chi connectivity index (χ2v) is 5.25. The van der Waals surface area contributed by atoms with Crippen LogP contribution >= 0.6 is 63.7 Å². The number of halogens is 4. The molecule has 12 heavy (non-hydrogen) atoms. The highest BCUT2D eigenvalue weighted by Gasteiger charge is 2.11. The van der Waals surface area contributed by atoms with E-state index in [2.05, 4.69) is 69.8 Å². The lowest BCUT2D eigenvalue weighted by Gasteiger charge is -2.03. The lowest BCUT2D eigenvalue weighted by atomic mass is 10.2. The van der Waals surface area contributed by atoms with Crippen molar-refractivity contribution in [3.05, 3.63) is 29.5 Å². The molecule has 1 nitrogen and oxygen atoms in total. The first-order valence-electron chi connectivity index (χ1n) is 2.81. The maximum absolute atomic E-state index is 8.80. The van der Waals surface area contributed by atoms with Gasteiger partial charge in [0.2, 0.25) is 0 Å². The fraction of sp³-hybridized carbons (Fsp3) is 0. The minimum atomic E-state index is 0.580. The second-order valence-electron chi connectivity index (χ2n) is 1.95. The quantitative estimate of drug-likeness (QED) is 0.565. The van der Waals surface area contributed by atoms with E-state index in [1.54, 1.807) is 0 Å². The van der Waals surface area contributed by atoms with Crippen LogP contribution in [-0.4, -0.2) is 0 Å². The molecule has 0 N–H and O–H groups in total. The van der Waals surface area contributed by atoms with Crippen LogP contribution in [0.3, 0.4) is 0 Å². The lowest BCUT2D eigenvalue weighted by Crippen LogP contribution is -1.83. The van der Waals surface area contributed by atoms with Crippen LogP contribution in [0.15, 0.2) is 24.0 Å². The van der Waals surface area contributed by atoms with E-state index >= 15 is 0 Å². The highest BCUT2D eigenvalue weighted by Crippen LogP contribution is 2.37. The highest BCUT2D eigenvalue weighted by atomic mass is 79.9. The summed E-state index contributed by atoms with van der Waals surface area (Å²) in [5.41, 5.74) is 0.580. The first-order chi connectivity index (χ1) is 5.57. The Kier molecular flexibility index (Phi) is 3.77. The Morgan fingerprint density at radius 1 is 1.00 bits per heavy atom. The Hall–Kier alpha value is 0.630. The van der Waals surface area contributed by atoms with E-state index < -0.39 is 0 Å². The summed E-state index contributed by atoms with van der Waals surface area (Å²) in [4.78, 5) is 0. The van der Waals surface area contributed by atoms with Gasteiger partial charge < -0.3 is 0 Å². The van der Waals surface area contributed by atoms with Gasteiger partial charge in [-0.05, 0) is 69.8 Å². The van der Waals surface area contributed by atoms with Crippen molar-refractivity contribution in [3.8, 4) is 6.07 Å². The van der Waals surface area contributed by atoms with Gasteiger partial charge in [0.15, 0.2) is 0 Å². The summed E-state index contributed by atoms with van der Waals surface area (Å²) in [6.45, 7) is 0. The van der Waals surface area contributed by atoms with Gasteiger partial charge in [-0.3, -0.25) is 0 Å². The molecular weight excluding hydrogens is 418 g/mol. The van der Waals surface area contributed by atoms with Crippen LogP contribution in [0.4, 0.5) is 0 Å². The molecule has 0 saturated carbocycles. The van der Waals surface area contributed by atoms with Crippen molar-refractivity contribution in [1.82, 2.24) is 0 Å². The smallest absolute Gasteiger partial charge is 0.102 e. The molecule has 1 aromatic carbocycles. The largest absolute Gasteiger partial charge is 0.192 e. The minimum absolute atomic E-state index is 0.580. The van der Waals surface area contributed by atoms with Crippen LogP contribution in [0.25, 0.3) is 0 Å². The van der Waals surface area contributed by atoms with E-state index in [-0.39, 0.29) is 0 Å². The van der Waals surface area contributed by atoms with Crippen LogP contribution in [0, 0.1) is 11.3 Å². The maximum atomic E-state index is 8.80. The molecule has 0 aliphatic carbocycles. The fourth-order valence-corrected chi connectivity index (χ4v) is 2.90. The Bertz CT molecular complexity index is 340. The Morgan fingerprint density at radius 3 is 1.75 bits per heavy atom. The molecular formula is C7HBr4N. The molecule has 0 fully saturated rings. The molecule has 0 amide bonds. The maximum Gasteiger partial charge on any atom is 0.102 e. The molecule has 0 saturated heterocycles. The average Bonchev–Trinajstić information content (AvgIpc) is 2.02. The van der Waals surface area contributed by atoms with E-state index in [1.165, 1.54) is 0 Å². The van der Waals surface area contributed by atoms with Crippen LogP contribution in [0.2, 0.25) is 0 Å². The highest BCUT2D eigenvalue weighted by molar-refractivity contribution is 9.14. The number of hydrogen-bond acceptors (Lipinski definition) is 1. The summed E-state index contributed by atoms with van der Waals surface area (Å²) in [7, 11) is 0. The standard InChI is InChI=1S/C7HBr4N/c8-4-1-5(9)7(11)3(2-12)6(4)10/h1H. The summed E-state index contributed by atoms with van der Waals surface area (Å²) in [5.74, 6) is 0. The topological polar surface area (TPSA) is 23.8 Å². The predicted octanol–water partition coefficient (Wildman–Crippen LogP) is 4.61. The molecule has 0 aliphatic heterocycles. The number of nitriles is 1. The summed E-state index contributed by atoms with van der Waals surface area (Å²) in [6.07, 6.45) is 0. The summed E-state index contributed by atoms with van der Waals surface area (Å²) < 4.78 is 3.24. The van der Waals surface area contributed by atoms with Gasteiger partial charge in [0.25, 0.3) is 0 Å². The third kappa shape index (κ3) is 1.92. The molecule has 0 bridgehead atoms. The number of rotatable bonds is 0. The van der Waals surface area contributed by atoms with E-state index in [1.807, 2.05) is 6.07 Å². The van der Waals surface area contributed by atoms with Gasteiger partial charge in [-0.1, -0.05) is 0 Å². The number of benzene rings is 1. The number of nitrogens with zero attached hydrogens (tertiary/aromatic N) is 1. The van der Waals surface area contributed by atoms with Crippen molar-refractivity contribution >= 4 is 63.7 Å². The van der Waals surface area contributed by atoms with Crippen molar-refractivity contribution in [2.24, 2.45) is 0 Å². The van der Waals surface area contributed by atoms with Gasteiger partial charge in [0, 0.05) is 8.95 Å². The van der Waals surface area contributed by atoms with Crippen molar-refractivity contribution in [2.45, 2.75) is 0 Å². The zero-order chi connectivity index (χ0) is 9.30. The van der Waals surface area contributed by atoms with Crippen molar-refractivity contribution < 1.29 is 0 Å². The molecule has 1 rings (SSSR count). The normalized spacial score (nSPS) is 9.58. The molecule has 0 aliphatic rings. The number of hydrogen-bond donors (Lipinski definition) is 0. The molecule has 0 unspecified atom stereocenters. The zero-order valence-corrected chi connectivity index (χ0v) is 11.9. The molecule has 0 atom stereocenters. The van der Waals surface area contributed by atoms with E-state index in [9.17, 15) is 0 Å². The summed E-state index contributed by atoms with van der Waals surface area (Å²) >= 11 is 13.3. The molecule has 62 valence electrons. The third-order valence-electron chi connectivity index (χ3n) is 1.22. The lowest BCUT2D eigenvalue weighted by molar-refractivity contribution is 1.41. The van der Waals surface area contributed by atoms with Crippen molar-refractivity contribution in [3.63, 3.8) is 0 Å². The zero-order valence-electron chi connectivity index (χ0n) is 5.54. The summed E-state index contributed by atoms with van der Waals surface area (Å²) in [5, 5.41) is 8.80. The van der Waals surface area contributed by atoms with Gasteiger partial charge >= 0.3 is 0 Å². The molecule has 0 heterocycles. The van der Waals surface area contributed by atoms with Gasteiger partial charge in [-0.15, -0.1) is 0 Å². The van der Waals surface area contributed by atoms with Gasteiger partial charge in [0.05, 0.1) is 14.5 Å². The second kappa shape index (κ2) is 4.23. The first-order valence-corrected chi connectivity index (χ1v) is 5.98. The molecule has 1 aromatic rings. The van der Waals surface area contributed by atoms with E-state index in [0.29, 0.717) is 5.56 Å². The Labute approximate surface area is 104 Å². The van der Waals surface area contributed by atoms with E-state index in [4.69, 9.17) is 5.26 Å². The third-order valence-corrected chi connectivity index (χ3v) is 5.19. The van der Waals surface area contributed by atoms with Crippen molar-refractivity contribution in [2.75, 3.05) is 0 Å². The predicted molar refractivity (Wildman–Crippen MR) is 62.0 cm³/mol. The Balaban J connectivity index is 3.56. The molecule has 0 radical (unpaired) electrons. The molecule has 0 spiro atoms. The van der Waals surface area contributed by atoms with E-state index in [0.717, 1.165) is 17.9 Å². The minimum Gasteiger partial charge on any atom is -0.192 e. The van der Waals surface area contributed by atoms with Gasteiger partial charge in [0.1, 0.15) is 6.07 Å². The van der Waals surface area contributed by atoms with Gasteiger partial charge in [-0.25, -0.2) is 0 Å². The monoisotopic (exact) mass is 415 g/mol. The van der Waals surface area contributed by atoms with Crippen LogP contribution < -0.4 is 0 Å². The fourth-order valence-electron chi connectivity index (χ4n) is 0.671.